The fraction of sp³-hybridized carbons (Fsp3) is 0.263. The highest BCUT2D eigenvalue weighted by molar-refractivity contribution is 5.76. The molecule has 1 aromatic carbocycles. The first-order valence-corrected chi connectivity index (χ1v) is 8.37. The van der Waals surface area contributed by atoms with Gasteiger partial charge in [0, 0.05) is 31.8 Å². The molecule has 7 heteroatoms. The molecule has 0 unspecified atom stereocenters. The molecule has 0 aliphatic rings. The van der Waals surface area contributed by atoms with Gasteiger partial charge in [-0.2, -0.15) is 0 Å². The number of carbonyl (C=O) groups is 1. The maximum absolute atomic E-state index is 12.0. The van der Waals surface area contributed by atoms with Crippen LogP contribution < -0.4 is 10.1 Å². The summed E-state index contributed by atoms with van der Waals surface area (Å²) in [5.41, 5.74) is 1.82. The molecule has 2 aromatic heterocycles. The molecule has 7 nitrogen and oxygen atoms in total. The largest absolute Gasteiger partial charge is 0.496 e. The third-order valence-corrected chi connectivity index (χ3v) is 3.85. The number of nitrogens with zero attached hydrogens (tertiary/aromatic N) is 3. The number of aryl methyl sites for hydroxylation is 1. The summed E-state index contributed by atoms with van der Waals surface area (Å²) in [6.07, 6.45) is 4.73. The maximum Gasteiger partial charge on any atom is 0.249 e. The van der Waals surface area contributed by atoms with Gasteiger partial charge in [0.2, 0.25) is 17.7 Å². The summed E-state index contributed by atoms with van der Waals surface area (Å²) in [5.74, 6) is 1.62. The molecule has 0 atom stereocenters. The van der Waals surface area contributed by atoms with Crippen molar-refractivity contribution in [3.63, 3.8) is 0 Å². The first-order valence-electron chi connectivity index (χ1n) is 8.37. The lowest BCUT2D eigenvalue weighted by Crippen LogP contribution is -2.26. The molecule has 2 heterocycles. The number of para-hydroxylation sites is 1. The minimum Gasteiger partial charge on any atom is -0.496 e. The number of rotatable bonds is 8. The summed E-state index contributed by atoms with van der Waals surface area (Å²) >= 11 is 0. The van der Waals surface area contributed by atoms with E-state index in [1.54, 1.807) is 25.6 Å². The Kier molecular flexibility index (Phi) is 5.92. The smallest absolute Gasteiger partial charge is 0.249 e. The minimum absolute atomic E-state index is 0.0546. The Hall–Kier alpha value is -3.22. The van der Waals surface area contributed by atoms with Gasteiger partial charge in [-0.15, -0.1) is 10.2 Å². The molecule has 0 saturated heterocycles. The van der Waals surface area contributed by atoms with Gasteiger partial charge < -0.3 is 14.5 Å². The molecule has 26 heavy (non-hydrogen) atoms. The molecular formula is C19H20N4O3. The second kappa shape index (κ2) is 8.75. The Bertz CT molecular complexity index is 849. The normalized spacial score (nSPS) is 10.5. The van der Waals surface area contributed by atoms with Crippen molar-refractivity contribution in [2.45, 2.75) is 19.3 Å². The SMILES string of the molecule is COc1ccccc1CCNC(=O)CCc1nnc(-c2cccnc2)o1. The number of carbonyl (C=O) groups excluding carboxylic acids is 1. The summed E-state index contributed by atoms with van der Waals surface area (Å²) in [7, 11) is 1.64. The lowest BCUT2D eigenvalue weighted by atomic mass is 10.1. The fourth-order valence-electron chi connectivity index (χ4n) is 2.52. The zero-order valence-corrected chi connectivity index (χ0v) is 14.5. The van der Waals surface area contributed by atoms with E-state index in [9.17, 15) is 4.79 Å². The predicted octanol–water partition coefficient (Wildman–Crippen LogP) is 2.43. The zero-order chi connectivity index (χ0) is 18.2. The molecule has 1 amide bonds. The van der Waals surface area contributed by atoms with E-state index < -0.39 is 0 Å². The third kappa shape index (κ3) is 4.66. The summed E-state index contributed by atoms with van der Waals surface area (Å²) in [6.45, 7) is 0.546. The highest BCUT2D eigenvalue weighted by atomic mass is 16.5. The van der Waals surface area contributed by atoms with Crippen molar-refractivity contribution >= 4 is 5.91 Å². The molecule has 0 aliphatic carbocycles. The molecule has 3 aromatic rings. The van der Waals surface area contributed by atoms with Crippen LogP contribution >= 0.6 is 0 Å². The number of ether oxygens (including phenoxy) is 1. The van der Waals surface area contributed by atoms with Crippen LogP contribution in [0, 0.1) is 0 Å². The molecule has 1 N–H and O–H groups in total. The van der Waals surface area contributed by atoms with Crippen molar-refractivity contribution in [3.05, 3.63) is 60.2 Å². The van der Waals surface area contributed by atoms with E-state index in [-0.39, 0.29) is 5.91 Å². The number of amides is 1. The standard InChI is InChI=1S/C19H20N4O3/c1-25-16-7-3-2-5-14(16)10-12-21-17(24)8-9-18-22-23-19(26-18)15-6-4-11-20-13-15/h2-7,11,13H,8-10,12H2,1H3,(H,21,24). The van der Waals surface area contributed by atoms with Gasteiger partial charge in [-0.3, -0.25) is 9.78 Å². The van der Waals surface area contributed by atoms with Crippen LogP contribution in [0.4, 0.5) is 0 Å². The lowest BCUT2D eigenvalue weighted by molar-refractivity contribution is -0.121. The fourth-order valence-corrected chi connectivity index (χ4v) is 2.52. The molecule has 134 valence electrons. The van der Waals surface area contributed by atoms with Gasteiger partial charge in [0.1, 0.15) is 5.75 Å². The van der Waals surface area contributed by atoms with Crippen LogP contribution in [0.3, 0.4) is 0 Å². The Balaban J connectivity index is 1.44. The van der Waals surface area contributed by atoms with E-state index in [2.05, 4.69) is 20.5 Å². The van der Waals surface area contributed by atoms with Gasteiger partial charge in [-0.05, 0) is 30.2 Å². The van der Waals surface area contributed by atoms with Crippen molar-refractivity contribution in [3.8, 4) is 17.2 Å². The molecule has 0 aliphatic heterocycles. The maximum atomic E-state index is 12.0. The Labute approximate surface area is 151 Å². The zero-order valence-electron chi connectivity index (χ0n) is 14.5. The first-order chi connectivity index (χ1) is 12.8. The number of pyridine rings is 1. The molecule has 0 bridgehead atoms. The van der Waals surface area contributed by atoms with Crippen LogP contribution in [0.5, 0.6) is 5.75 Å². The number of methoxy groups -OCH3 is 1. The van der Waals surface area contributed by atoms with E-state index in [1.165, 1.54) is 0 Å². The number of hydrogen-bond donors (Lipinski definition) is 1. The quantitative estimate of drug-likeness (QED) is 0.670. The number of nitrogens with one attached hydrogen (secondary N) is 1. The Morgan fingerprint density at radius 3 is 2.85 bits per heavy atom. The molecule has 0 radical (unpaired) electrons. The second-order valence-corrected chi connectivity index (χ2v) is 5.65. The van der Waals surface area contributed by atoms with E-state index in [4.69, 9.17) is 9.15 Å². The van der Waals surface area contributed by atoms with Gasteiger partial charge >= 0.3 is 0 Å². The average molecular weight is 352 g/mol. The van der Waals surface area contributed by atoms with Crippen molar-refractivity contribution < 1.29 is 13.9 Å². The van der Waals surface area contributed by atoms with Crippen LogP contribution in [0.15, 0.2) is 53.2 Å². The Morgan fingerprint density at radius 1 is 1.15 bits per heavy atom. The summed E-state index contributed by atoms with van der Waals surface area (Å²) < 4.78 is 10.9. The van der Waals surface area contributed by atoms with Crippen LogP contribution in [-0.4, -0.2) is 34.7 Å². The van der Waals surface area contributed by atoms with Crippen molar-refractivity contribution in [1.82, 2.24) is 20.5 Å². The van der Waals surface area contributed by atoms with Crippen LogP contribution in [0.25, 0.3) is 11.5 Å². The monoisotopic (exact) mass is 352 g/mol. The van der Waals surface area contributed by atoms with Crippen LogP contribution in [0.1, 0.15) is 17.9 Å². The van der Waals surface area contributed by atoms with Gasteiger partial charge in [-0.25, -0.2) is 0 Å². The number of hydrogen-bond acceptors (Lipinski definition) is 6. The summed E-state index contributed by atoms with van der Waals surface area (Å²) in [4.78, 5) is 16.0. The van der Waals surface area contributed by atoms with Gasteiger partial charge in [-0.1, -0.05) is 18.2 Å². The molecule has 0 fully saturated rings. The van der Waals surface area contributed by atoms with Gasteiger partial charge in [0.15, 0.2) is 0 Å². The number of benzene rings is 1. The summed E-state index contributed by atoms with van der Waals surface area (Å²) in [6, 6.07) is 11.4. The first kappa shape index (κ1) is 17.6. The van der Waals surface area contributed by atoms with Gasteiger partial charge in [0.05, 0.1) is 12.7 Å². The highest BCUT2D eigenvalue weighted by Gasteiger charge is 2.10. The van der Waals surface area contributed by atoms with Crippen LogP contribution in [0.2, 0.25) is 0 Å². The van der Waals surface area contributed by atoms with Crippen molar-refractivity contribution in [2.24, 2.45) is 0 Å². The van der Waals surface area contributed by atoms with E-state index >= 15 is 0 Å². The van der Waals surface area contributed by atoms with Crippen molar-refractivity contribution in [1.29, 1.82) is 0 Å². The second-order valence-electron chi connectivity index (χ2n) is 5.65. The highest BCUT2D eigenvalue weighted by Crippen LogP contribution is 2.18. The Morgan fingerprint density at radius 2 is 2.04 bits per heavy atom. The van der Waals surface area contributed by atoms with Crippen molar-refractivity contribution in [2.75, 3.05) is 13.7 Å². The van der Waals surface area contributed by atoms with Gasteiger partial charge in [0.25, 0.3) is 0 Å². The van der Waals surface area contributed by atoms with Crippen LogP contribution in [-0.2, 0) is 17.6 Å². The topological polar surface area (TPSA) is 90.1 Å². The molecular weight excluding hydrogens is 332 g/mol. The minimum atomic E-state index is -0.0546. The van der Waals surface area contributed by atoms with E-state index in [1.807, 2.05) is 30.3 Å². The lowest BCUT2D eigenvalue weighted by Gasteiger charge is -2.08. The predicted molar refractivity (Wildman–Crippen MR) is 95.6 cm³/mol. The molecule has 0 spiro atoms. The van der Waals surface area contributed by atoms with E-state index in [0.717, 1.165) is 16.9 Å². The molecule has 0 saturated carbocycles. The average Bonchev–Trinajstić information content (AvgIpc) is 3.16. The number of aromatic nitrogens is 3. The molecule has 3 rings (SSSR count). The summed E-state index contributed by atoms with van der Waals surface area (Å²) in [5, 5.41) is 10.9. The van der Waals surface area contributed by atoms with E-state index in [0.29, 0.717) is 37.6 Å². The third-order valence-electron chi connectivity index (χ3n) is 3.85.